The van der Waals surface area contributed by atoms with Crippen molar-refractivity contribution >= 4 is 15.9 Å². The molecule has 0 bridgehead atoms. The second-order valence-corrected chi connectivity index (χ2v) is 5.38. The molecule has 1 aliphatic rings. The molecule has 1 aromatic carbocycles. The van der Waals surface area contributed by atoms with Gasteiger partial charge in [-0.15, -0.1) is 0 Å². The van der Waals surface area contributed by atoms with E-state index in [2.05, 4.69) is 35.1 Å². The van der Waals surface area contributed by atoms with Crippen LogP contribution in [-0.2, 0) is 4.74 Å². The van der Waals surface area contributed by atoms with E-state index in [0.29, 0.717) is 6.04 Å². The number of hydrogen-bond acceptors (Lipinski definition) is 2. The van der Waals surface area contributed by atoms with Crippen LogP contribution in [0.5, 0.6) is 0 Å². The normalized spacial score (nSPS) is 26.1. The van der Waals surface area contributed by atoms with E-state index in [1.54, 1.807) is 0 Å². The van der Waals surface area contributed by atoms with E-state index in [1.165, 1.54) is 12.1 Å². The molecule has 0 radical (unpaired) electrons. The highest BCUT2D eigenvalue weighted by molar-refractivity contribution is 9.10. The van der Waals surface area contributed by atoms with E-state index in [9.17, 15) is 4.39 Å². The van der Waals surface area contributed by atoms with Gasteiger partial charge in [0.15, 0.2) is 0 Å². The standard InChI is InChI=1S/C13H17BrFNO/c1-8(16-13-5-6-17-9(13)2)11-4-3-10(15)7-12(11)14/h3-4,7-9,13,16H,5-6H2,1-2H3. The zero-order valence-corrected chi connectivity index (χ0v) is 11.6. The molecule has 1 aliphatic heterocycles. The van der Waals surface area contributed by atoms with Crippen LogP contribution in [0.15, 0.2) is 22.7 Å². The van der Waals surface area contributed by atoms with Crippen molar-refractivity contribution in [2.75, 3.05) is 6.61 Å². The van der Waals surface area contributed by atoms with Crippen LogP contribution in [0.2, 0.25) is 0 Å². The van der Waals surface area contributed by atoms with E-state index in [1.807, 2.05) is 6.07 Å². The van der Waals surface area contributed by atoms with Crippen molar-refractivity contribution in [3.8, 4) is 0 Å². The van der Waals surface area contributed by atoms with Crippen molar-refractivity contribution in [3.63, 3.8) is 0 Å². The van der Waals surface area contributed by atoms with Gasteiger partial charge in [-0.1, -0.05) is 22.0 Å². The van der Waals surface area contributed by atoms with Gasteiger partial charge in [-0.3, -0.25) is 0 Å². The van der Waals surface area contributed by atoms with E-state index >= 15 is 0 Å². The van der Waals surface area contributed by atoms with Crippen molar-refractivity contribution in [2.45, 2.75) is 38.5 Å². The highest BCUT2D eigenvalue weighted by Crippen LogP contribution is 2.26. The summed E-state index contributed by atoms with van der Waals surface area (Å²) in [5.41, 5.74) is 1.07. The number of ether oxygens (including phenoxy) is 1. The Kier molecular flexibility index (Phi) is 4.17. The topological polar surface area (TPSA) is 21.3 Å². The molecular formula is C13H17BrFNO. The molecule has 2 nitrogen and oxygen atoms in total. The molecule has 1 saturated heterocycles. The van der Waals surface area contributed by atoms with Gasteiger partial charge >= 0.3 is 0 Å². The van der Waals surface area contributed by atoms with Gasteiger partial charge in [0.05, 0.1) is 6.10 Å². The number of rotatable bonds is 3. The van der Waals surface area contributed by atoms with E-state index < -0.39 is 0 Å². The predicted octanol–water partition coefficient (Wildman–Crippen LogP) is 3.42. The Bertz CT molecular complexity index is 399. The molecule has 4 heteroatoms. The number of nitrogens with one attached hydrogen (secondary N) is 1. The Hall–Kier alpha value is -0.450. The fraction of sp³-hybridized carbons (Fsp3) is 0.538. The Balaban J connectivity index is 2.06. The van der Waals surface area contributed by atoms with Crippen LogP contribution in [0, 0.1) is 5.82 Å². The molecule has 94 valence electrons. The zero-order chi connectivity index (χ0) is 12.4. The van der Waals surface area contributed by atoms with Crippen LogP contribution in [0.1, 0.15) is 31.9 Å². The van der Waals surface area contributed by atoms with Crippen molar-refractivity contribution in [1.29, 1.82) is 0 Å². The first-order chi connectivity index (χ1) is 8.08. The number of hydrogen-bond donors (Lipinski definition) is 1. The molecule has 0 saturated carbocycles. The molecule has 1 aromatic rings. The second kappa shape index (κ2) is 5.46. The minimum Gasteiger partial charge on any atom is -0.377 e. The molecule has 0 aliphatic carbocycles. The molecule has 3 atom stereocenters. The molecule has 0 aromatic heterocycles. The van der Waals surface area contributed by atoms with Crippen LogP contribution >= 0.6 is 15.9 Å². The summed E-state index contributed by atoms with van der Waals surface area (Å²) in [4.78, 5) is 0. The maximum atomic E-state index is 13.0. The Morgan fingerprint density at radius 2 is 2.29 bits per heavy atom. The lowest BCUT2D eigenvalue weighted by Gasteiger charge is -2.22. The number of benzene rings is 1. The zero-order valence-electron chi connectivity index (χ0n) is 10.0. The van der Waals surface area contributed by atoms with Gasteiger partial charge in [0.2, 0.25) is 0 Å². The van der Waals surface area contributed by atoms with Crippen molar-refractivity contribution in [3.05, 3.63) is 34.1 Å². The first-order valence-corrected chi connectivity index (χ1v) is 6.70. The van der Waals surface area contributed by atoms with Gasteiger partial charge in [0, 0.05) is 23.2 Å². The molecule has 1 heterocycles. The summed E-state index contributed by atoms with van der Waals surface area (Å²) in [6.07, 6.45) is 1.28. The fourth-order valence-electron chi connectivity index (χ4n) is 2.21. The molecule has 17 heavy (non-hydrogen) atoms. The van der Waals surface area contributed by atoms with Crippen LogP contribution in [-0.4, -0.2) is 18.8 Å². The average molecular weight is 302 g/mol. The number of halogens is 2. The summed E-state index contributed by atoms with van der Waals surface area (Å²) >= 11 is 3.40. The summed E-state index contributed by atoms with van der Waals surface area (Å²) < 4.78 is 19.3. The lowest BCUT2D eigenvalue weighted by molar-refractivity contribution is 0.111. The third kappa shape index (κ3) is 3.06. The Labute approximate surface area is 110 Å². The van der Waals surface area contributed by atoms with E-state index in [0.717, 1.165) is 23.1 Å². The summed E-state index contributed by atoms with van der Waals surface area (Å²) in [6, 6.07) is 5.37. The lowest BCUT2D eigenvalue weighted by atomic mass is 10.1. The summed E-state index contributed by atoms with van der Waals surface area (Å²) in [7, 11) is 0. The molecule has 1 N–H and O–H groups in total. The second-order valence-electron chi connectivity index (χ2n) is 4.53. The quantitative estimate of drug-likeness (QED) is 0.924. The van der Waals surface area contributed by atoms with Crippen molar-refractivity contribution < 1.29 is 9.13 Å². The van der Waals surface area contributed by atoms with Gasteiger partial charge in [-0.25, -0.2) is 4.39 Å². The monoisotopic (exact) mass is 301 g/mol. The molecule has 3 unspecified atom stereocenters. The summed E-state index contributed by atoms with van der Waals surface area (Å²) in [6.45, 7) is 4.98. The largest absolute Gasteiger partial charge is 0.377 e. The van der Waals surface area contributed by atoms with Crippen molar-refractivity contribution in [1.82, 2.24) is 5.32 Å². The third-order valence-electron chi connectivity index (χ3n) is 3.27. The third-order valence-corrected chi connectivity index (χ3v) is 3.96. The SMILES string of the molecule is CC(NC1CCOC1C)c1ccc(F)cc1Br. The molecule has 2 rings (SSSR count). The lowest BCUT2D eigenvalue weighted by Crippen LogP contribution is -2.36. The maximum absolute atomic E-state index is 13.0. The average Bonchev–Trinajstić information content (AvgIpc) is 2.64. The van der Waals surface area contributed by atoms with Gasteiger partial charge in [-0.2, -0.15) is 0 Å². The molecular weight excluding hydrogens is 285 g/mol. The molecule has 1 fully saturated rings. The summed E-state index contributed by atoms with van der Waals surface area (Å²) in [5, 5.41) is 3.53. The van der Waals surface area contributed by atoms with Gasteiger partial charge in [0.25, 0.3) is 0 Å². The van der Waals surface area contributed by atoms with Gasteiger partial charge in [0.1, 0.15) is 5.82 Å². The first-order valence-electron chi connectivity index (χ1n) is 5.90. The maximum Gasteiger partial charge on any atom is 0.124 e. The Morgan fingerprint density at radius 1 is 1.53 bits per heavy atom. The van der Waals surface area contributed by atoms with Crippen LogP contribution < -0.4 is 5.32 Å². The van der Waals surface area contributed by atoms with Crippen LogP contribution in [0.4, 0.5) is 4.39 Å². The molecule has 0 amide bonds. The first kappa shape index (κ1) is 13.0. The van der Waals surface area contributed by atoms with Crippen LogP contribution in [0.25, 0.3) is 0 Å². The molecule has 0 spiro atoms. The highest BCUT2D eigenvalue weighted by Gasteiger charge is 2.26. The van der Waals surface area contributed by atoms with E-state index in [-0.39, 0.29) is 18.0 Å². The van der Waals surface area contributed by atoms with Gasteiger partial charge in [-0.05, 0) is 38.0 Å². The minimum atomic E-state index is -0.217. The van der Waals surface area contributed by atoms with Gasteiger partial charge < -0.3 is 10.1 Å². The summed E-state index contributed by atoms with van der Waals surface area (Å²) in [5.74, 6) is -0.217. The fourth-order valence-corrected chi connectivity index (χ4v) is 2.91. The smallest absolute Gasteiger partial charge is 0.124 e. The van der Waals surface area contributed by atoms with E-state index in [4.69, 9.17) is 4.74 Å². The van der Waals surface area contributed by atoms with Crippen molar-refractivity contribution in [2.24, 2.45) is 0 Å². The minimum absolute atomic E-state index is 0.180. The Morgan fingerprint density at radius 3 is 2.88 bits per heavy atom. The predicted molar refractivity (Wildman–Crippen MR) is 69.5 cm³/mol. The van der Waals surface area contributed by atoms with Crippen LogP contribution in [0.3, 0.4) is 0 Å². The highest BCUT2D eigenvalue weighted by atomic mass is 79.9.